The van der Waals surface area contributed by atoms with E-state index in [9.17, 15) is 4.79 Å². The molecule has 2 heterocycles. The Hall–Kier alpha value is -2.51. The number of pyridine rings is 1. The van der Waals surface area contributed by atoms with E-state index < -0.39 is 0 Å². The van der Waals surface area contributed by atoms with E-state index in [4.69, 9.17) is 20.9 Å². The standard InChI is InChI=1S/C18H16ClN3O3S/c1-11-8-13(22-25-11)10-26-18-14(4-3-7-20-18)17(23)21-15-9-12(19)5-6-16(15)24-2/h3-9H,10H2,1-2H3,(H,21,23). The molecule has 0 spiro atoms. The Labute approximate surface area is 159 Å². The van der Waals surface area contributed by atoms with Crippen molar-refractivity contribution in [1.82, 2.24) is 10.1 Å². The van der Waals surface area contributed by atoms with Crippen molar-refractivity contribution in [3.05, 3.63) is 64.6 Å². The molecule has 26 heavy (non-hydrogen) atoms. The molecule has 0 aliphatic rings. The van der Waals surface area contributed by atoms with Gasteiger partial charge in [0.1, 0.15) is 16.5 Å². The van der Waals surface area contributed by atoms with Crippen LogP contribution in [-0.4, -0.2) is 23.2 Å². The summed E-state index contributed by atoms with van der Waals surface area (Å²) in [4.78, 5) is 17.0. The number of aryl methyl sites for hydroxylation is 1. The van der Waals surface area contributed by atoms with Gasteiger partial charge in [-0.2, -0.15) is 0 Å². The first-order chi connectivity index (χ1) is 12.6. The van der Waals surface area contributed by atoms with Crippen LogP contribution in [-0.2, 0) is 5.75 Å². The third-order valence-electron chi connectivity index (χ3n) is 3.46. The van der Waals surface area contributed by atoms with Gasteiger partial charge in [-0.25, -0.2) is 4.98 Å². The van der Waals surface area contributed by atoms with Gasteiger partial charge < -0.3 is 14.6 Å². The lowest BCUT2D eigenvalue weighted by molar-refractivity contribution is 0.102. The highest BCUT2D eigenvalue weighted by molar-refractivity contribution is 7.98. The van der Waals surface area contributed by atoms with E-state index in [0.717, 1.165) is 11.5 Å². The maximum atomic E-state index is 12.7. The third kappa shape index (κ3) is 4.36. The summed E-state index contributed by atoms with van der Waals surface area (Å²) in [7, 11) is 1.53. The number of aromatic nitrogens is 2. The Morgan fingerprint density at radius 2 is 2.19 bits per heavy atom. The highest BCUT2D eigenvalue weighted by atomic mass is 35.5. The third-order valence-corrected chi connectivity index (χ3v) is 4.73. The summed E-state index contributed by atoms with van der Waals surface area (Å²) in [6.07, 6.45) is 1.65. The van der Waals surface area contributed by atoms with Gasteiger partial charge in [0.25, 0.3) is 5.91 Å². The summed E-state index contributed by atoms with van der Waals surface area (Å²) in [5.41, 5.74) is 1.75. The van der Waals surface area contributed by atoms with Crippen LogP contribution in [0.3, 0.4) is 0 Å². The molecule has 6 nitrogen and oxygen atoms in total. The monoisotopic (exact) mass is 389 g/mol. The molecule has 0 radical (unpaired) electrons. The first kappa shape index (κ1) is 18.3. The zero-order valence-electron chi connectivity index (χ0n) is 14.2. The van der Waals surface area contributed by atoms with Crippen LogP contribution in [0.5, 0.6) is 5.75 Å². The lowest BCUT2D eigenvalue weighted by atomic mass is 10.2. The molecular formula is C18H16ClN3O3S. The Morgan fingerprint density at radius 3 is 2.92 bits per heavy atom. The minimum atomic E-state index is -0.294. The van der Waals surface area contributed by atoms with E-state index in [1.807, 2.05) is 13.0 Å². The maximum Gasteiger partial charge on any atom is 0.258 e. The number of nitrogens with zero attached hydrogens (tertiary/aromatic N) is 2. The number of hydrogen-bond donors (Lipinski definition) is 1. The van der Waals surface area contributed by atoms with Gasteiger partial charge in [0, 0.05) is 23.0 Å². The highest BCUT2D eigenvalue weighted by Crippen LogP contribution is 2.29. The Balaban J connectivity index is 1.78. The molecule has 0 atom stereocenters. The number of anilines is 1. The number of carbonyl (C=O) groups is 1. The predicted molar refractivity (Wildman–Crippen MR) is 101 cm³/mol. The van der Waals surface area contributed by atoms with Crippen molar-refractivity contribution in [3.63, 3.8) is 0 Å². The van der Waals surface area contributed by atoms with Gasteiger partial charge in [0.15, 0.2) is 0 Å². The van der Waals surface area contributed by atoms with Crippen molar-refractivity contribution in [1.29, 1.82) is 0 Å². The molecule has 0 fully saturated rings. The molecule has 0 saturated heterocycles. The van der Waals surface area contributed by atoms with Crippen LogP contribution in [0.15, 0.2) is 52.1 Å². The number of rotatable bonds is 6. The molecule has 8 heteroatoms. The first-order valence-electron chi connectivity index (χ1n) is 7.71. The van der Waals surface area contributed by atoms with Crippen molar-refractivity contribution < 1.29 is 14.1 Å². The lowest BCUT2D eigenvalue weighted by Crippen LogP contribution is -2.14. The van der Waals surface area contributed by atoms with Crippen LogP contribution in [0, 0.1) is 6.92 Å². The number of carbonyl (C=O) groups excluding carboxylic acids is 1. The zero-order valence-corrected chi connectivity index (χ0v) is 15.7. The van der Waals surface area contributed by atoms with E-state index in [-0.39, 0.29) is 5.91 Å². The van der Waals surface area contributed by atoms with Gasteiger partial charge in [0.05, 0.1) is 24.1 Å². The Kier molecular flexibility index (Phi) is 5.80. The summed E-state index contributed by atoms with van der Waals surface area (Å²) in [5, 5.41) is 7.88. The summed E-state index contributed by atoms with van der Waals surface area (Å²) in [5.74, 6) is 1.53. The Morgan fingerprint density at radius 1 is 1.35 bits per heavy atom. The number of hydrogen-bond acceptors (Lipinski definition) is 6. The summed E-state index contributed by atoms with van der Waals surface area (Å²) in [6.45, 7) is 1.83. The maximum absolute atomic E-state index is 12.7. The molecule has 134 valence electrons. The summed E-state index contributed by atoms with van der Waals surface area (Å²) in [6, 6.07) is 10.3. The zero-order chi connectivity index (χ0) is 18.5. The van der Waals surface area contributed by atoms with Gasteiger partial charge in [0.2, 0.25) is 0 Å². The fourth-order valence-corrected chi connectivity index (χ4v) is 3.32. The van der Waals surface area contributed by atoms with E-state index in [1.54, 1.807) is 36.5 Å². The molecule has 3 rings (SSSR count). The molecule has 0 aliphatic carbocycles. The van der Waals surface area contributed by atoms with Crippen molar-refractivity contribution in [2.24, 2.45) is 0 Å². The molecule has 1 amide bonds. The molecule has 0 saturated carbocycles. The second kappa shape index (κ2) is 8.25. The van der Waals surface area contributed by atoms with Crippen LogP contribution in [0.2, 0.25) is 5.02 Å². The number of thioether (sulfide) groups is 1. The van der Waals surface area contributed by atoms with E-state index in [1.165, 1.54) is 18.9 Å². The average molecular weight is 390 g/mol. The van der Waals surface area contributed by atoms with Crippen LogP contribution in [0.4, 0.5) is 5.69 Å². The minimum absolute atomic E-state index is 0.294. The van der Waals surface area contributed by atoms with Crippen molar-refractivity contribution >= 4 is 35.0 Å². The number of ether oxygens (including phenoxy) is 1. The van der Waals surface area contributed by atoms with E-state index in [2.05, 4.69) is 15.5 Å². The van der Waals surface area contributed by atoms with Crippen LogP contribution in [0.25, 0.3) is 0 Å². The molecule has 1 N–H and O–H groups in total. The first-order valence-corrected chi connectivity index (χ1v) is 9.08. The van der Waals surface area contributed by atoms with Crippen molar-refractivity contribution in [2.45, 2.75) is 17.7 Å². The second-order valence-electron chi connectivity index (χ2n) is 5.37. The number of halogens is 1. The Bertz CT molecular complexity index is 930. The van der Waals surface area contributed by atoms with Gasteiger partial charge in [-0.15, -0.1) is 0 Å². The number of benzene rings is 1. The molecule has 0 bridgehead atoms. The largest absolute Gasteiger partial charge is 0.495 e. The molecule has 0 unspecified atom stereocenters. The van der Waals surface area contributed by atoms with Gasteiger partial charge >= 0.3 is 0 Å². The summed E-state index contributed by atoms with van der Waals surface area (Å²) < 4.78 is 10.3. The fourth-order valence-electron chi connectivity index (χ4n) is 2.27. The predicted octanol–water partition coefficient (Wildman–Crippen LogP) is 4.58. The quantitative estimate of drug-likeness (QED) is 0.621. The summed E-state index contributed by atoms with van der Waals surface area (Å²) >= 11 is 7.43. The number of amides is 1. The molecule has 2 aromatic heterocycles. The van der Waals surface area contributed by atoms with Gasteiger partial charge in [-0.1, -0.05) is 28.5 Å². The van der Waals surface area contributed by atoms with Crippen LogP contribution >= 0.6 is 23.4 Å². The fraction of sp³-hybridized carbons (Fsp3) is 0.167. The highest BCUT2D eigenvalue weighted by Gasteiger charge is 2.16. The number of methoxy groups -OCH3 is 1. The normalized spacial score (nSPS) is 10.6. The van der Waals surface area contributed by atoms with Gasteiger partial charge in [-0.3, -0.25) is 4.79 Å². The molecule has 1 aromatic carbocycles. The molecule has 0 aliphatic heterocycles. The minimum Gasteiger partial charge on any atom is -0.495 e. The molecular weight excluding hydrogens is 374 g/mol. The van der Waals surface area contributed by atoms with E-state index in [0.29, 0.717) is 32.8 Å². The topological polar surface area (TPSA) is 77.2 Å². The second-order valence-corrected chi connectivity index (χ2v) is 6.77. The average Bonchev–Trinajstić information content (AvgIpc) is 3.06. The SMILES string of the molecule is COc1ccc(Cl)cc1NC(=O)c1cccnc1SCc1cc(C)on1. The van der Waals surface area contributed by atoms with Crippen molar-refractivity contribution in [2.75, 3.05) is 12.4 Å². The molecule has 3 aromatic rings. The van der Waals surface area contributed by atoms with Crippen LogP contribution in [0.1, 0.15) is 21.8 Å². The smallest absolute Gasteiger partial charge is 0.258 e. The van der Waals surface area contributed by atoms with Gasteiger partial charge in [-0.05, 0) is 37.3 Å². The lowest BCUT2D eigenvalue weighted by Gasteiger charge is -2.12. The van der Waals surface area contributed by atoms with E-state index >= 15 is 0 Å². The number of nitrogens with one attached hydrogen (secondary N) is 1. The van der Waals surface area contributed by atoms with Crippen LogP contribution < -0.4 is 10.1 Å². The van der Waals surface area contributed by atoms with Crippen molar-refractivity contribution in [3.8, 4) is 5.75 Å².